The molecule has 0 aliphatic rings. The lowest BCUT2D eigenvalue weighted by Gasteiger charge is -2.11. The topological polar surface area (TPSA) is 64.3 Å². The van der Waals surface area contributed by atoms with Crippen molar-refractivity contribution in [3.05, 3.63) is 58.6 Å². The van der Waals surface area contributed by atoms with Crippen LogP contribution in [0.2, 0.25) is 0 Å². The maximum Gasteiger partial charge on any atom is 0.262 e. The molecule has 1 amide bonds. The second-order valence-electron chi connectivity index (χ2n) is 4.68. The number of halogens is 1. The highest BCUT2D eigenvalue weighted by molar-refractivity contribution is 9.10. The summed E-state index contributed by atoms with van der Waals surface area (Å²) in [5.41, 5.74) is 7.51. The van der Waals surface area contributed by atoms with Gasteiger partial charge in [-0.15, -0.1) is 0 Å². The van der Waals surface area contributed by atoms with Crippen LogP contribution < -0.4 is 15.8 Å². The first-order valence-electron chi connectivity index (χ1n) is 6.59. The van der Waals surface area contributed by atoms with E-state index in [0.29, 0.717) is 5.75 Å². The molecule has 2 aromatic rings. The van der Waals surface area contributed by atoms with Crippen molar-refractivity contribution in [2.75, 3.05) is 11.9 Å². The summed E-state index contributed by atoms with van der Waals surface area (Å²) >= 11 is 3.38. The molecule has 21 heavy (non-hydrogen) atoms. The number of nitrogens with two attached hydrogens (primary N) is 1. The van der Waals surface area contributed by atoms with Crippen LogP contribution in [0.25, 0.3) is 0 Å². The molecule has 0 aliphatic carbocycles. The fourth-order valence-electron chi connectivity index (χ4n) is 1.79. The third-order valence-electron chi connectivity index (χ3n) is 2.90. The van der Waals surface area contributed by atoms with Crippen molar-refractivity contribution >= 4 is 27.5 Å². The molecule has 0 radical (unpaired) electrons. The average Bonchev–Trinajstić information content (AvgIpc) is 2.48. The Hall–Kier alpha value is -1.85. The van der Waals surface area contributed by atoms with Crippen LogP contribution in [-0.2, 0) is 4.79 Å². The van der Waals surface area contributed by atoms with E-state index >= 15 is 0 Å². The van der Waals surface area contributed by atoms with E-state index < -0.39 is 0 Å². The fourth-order valence-corrected chi connectivity index (χ4v) is 2.17. The lowest BCUT2D eigenvalue weighted by molar-refractivity contribution is -0.118. The summed E-state index contributed by atoms with van der Waals surface area (Å²) in [5, 5.41) is 2.78. The average molecular weight is 349 g/mol. The zero-order chi connectivity index (χ0) is 15.2. The minimum absolute atomic E-state index is 0.0518. The normalized spacial score (nSPS) is 11.8. The van der Waals surface area contributed by atoms with E-state index in [2.05, 4.69) is 21.2 Å². The van der Waals surface area contributed by atoms with Gasteiger partial charge < -0.3 is 15.8 Å². The first-order chi connectivity index (χ1) is 10.1. The van der Waals surface area contributed by atoms with E-state index in [1.165, 1.54) is 0 Å². The minimum Gasteiger partial charge on any atom is -0.484 e. The first-order valence-corrected chi connectivity index (χ1v) is 7.38. The van der Waals surface area contributed by atoms with E-state index in [-0.39, 0.29) is 18.6 Å². The summed E-state index contributed by atoms with van der Waals surface area (Å²) < 4.78 is 6.32. The number of carbonyl (C=O) groups is 1. The van der Waals surface area contributed by atoms with Gasteiger partial charge in [-0.2, -0.15) is 0 Å². The Bertz CT molecular complexity index is 629. The molecule has 0 heterocycles. The van der Waals surface area contributed by atoms with Gasteiger partial charge in [-0.25, -0.2) is 0 Å². The maximum absolute atomic E-state index is 11.9. The van der Waals surface area contributed by atoms with Gasteiger partial charge in [-0.1, -0.05) is 24.3 Å². The van der Waals surface area contributed by atoms with Crippen LogP contribution in [0.4, 0.5) is 5.69 Å². The molecule has 0 unspecified atom stereocenters. The highest BCUT2D eigenvalue weighted by Gasteiger charge is 2.07. The molecule has 0 fully saturated rings. The third kappa shape index (κ3) is 4.58. The van der Waals surface area contributed by atoms with Crippen molar-refractivity contribution in [1.82, 2.24) is 0 Å². The van der Waals surface area contributed by atoms with Crippen LogP contribution in [0, 0.1) is 0 Å². The molecule has 110 valence electrons. The number of ether oxygens (including phenoxy) is 1. The van der Waals surface area contributed by atoms with Crippen LogP contribution in [0.5, 0.6) is 5.75 Å². The maximum atomic E-state index is 11.9. The summed E-state index contributed by atoms with van der Waals surface area (Å²) in [5.74, 6) is 0.417. The molecular formula is C16H17BrN2O2. The number of nitrogens with one attached hydrogen (secondary N) is 1. The Morgan fingerprint density at radius 2 is 2.05 bits per heavy atom. The third-order valence-corrected chi connectivity index (χ3v) is 3.59. The molecular weight excluding hydrogens is 332 g/mol. The number of amides is 1. The molecule has 3 N–H and O–H groups in total. The molecule has 2 rings (SSSR count). The Balaban J connectivity index is 1.92. The Morgan fingerprint density at radius 1 is 1.29 bits per heavy atom. The van der Waals surface area contributed by atoms with Crippen LogP contribution in [-0.4, -0.2) is 12.5 Å². The smallest absolute Gasteiger partial charge is 0.262 e. The van der Waals surface area contributed by atoms with Gasteiger partial charge >= 0.3 is 0 Å². The first kappa shape index (κ1) is 15.5. The Kier molecular flexibility index (Phi) is 5.36. The van der Waals surface area contributed by atoms with Gasteiger partial charge in [0.1, 0.15) is 5.75 Å². The second kappa shape index (κ2) is 7.24. The summed E-state index contributed by atoms with van der Waals surface area (Å²) in [6, 6.07) is 14.8. The minimum atomic E-state index is -0.215. The van der Waals surface area contributed by atoms with E-state index in [1.54, 1.807) is 6.07 Å². The van der Waals surface area contributed by atoms with Gasteiger partial charge in [0.15, 0.2) is 6.61 Å². The zero-order valence-corrected chi connectivity index (χ0v) is 13.3. The van der Waals surface area contributed by atoms with Gasteiger partial charge in [0.25, 0.3) is 5.91 Å². The van der Waals surface area contributed by atoms with Gasteiger partial charge in [-0.3, -0.25) is 4.79 Å². The molecule has 2 aromatic carbocycles. The quantitative estimate of drug-likeness (QED) is 0.869. The summed E-state index contributed by atoms with van der Waals surface area (Å²) in [4.78, 5) is 11.9. The SMILES string of the molecule is C[C@@H](N)c1cccc(OCC(=O)Nc2ccccc2Br)c1. The van der Waals surface area contributed by atoms with Crippen LogP contribution in [0.1, 0.15) is 18.5 Å². The van der Waals surface area contributed by atoms with Crippen LogP contribution in [0.3, 0.4) is 0 Å². The molecule has 1 atom stereocenters. The van der Waals surface area contributed by atoms with E-state index in [0.717, 1.165) is 15.7 Å². The van der Waals surface area contributed by atoms with Gasteiger partial charge in [0, 0.05) is 10.5 Å². The van der Waals surface area contributed by atoms with E-state index in [1.807, 2.05) is 49.4 Å². The lowest BCUT2D eigenvalue weighted by Crippen LogP contribution is -2.20. The van der Waals surface area contributed by atoms with Gasteiger partial charge in [-0.05, 0) is 52.7 Å². The van der Waals surface area contributed by atoms with Crippen molar-refractivity contribution in [2.24, 2.45) is 5.73 Å². The van der Waals surface area contributed by atoms with Crippen molar-refractivity contribution < 1.29 is 9.53 Å². The molecule has 0 aliphatic heterocycles. The largest absolute Gasteiger partial charge is 0.484 e. The monoisotopic (exact) mass is 348 g/mol. The molecule has 4 nitrogen and oxygen atoms in total. The fraction of sp³-hybridized carbons (Fsp3) is 0.188. The number of hydrogen-bond donors (Lipinski definition) is 2. The van der Waals surface area contributed by atoms with Crippen molar-refractivity contribution in [1.29, 1.82) is 0 Å². The summed E-state index contributed by atoms with van der Waals surface area (Å²) in [6.07, 6.45) is 0. The highest BCUT2D eigenvalue weighted by Crippen LogP contribution is 2.21. The summed E-state index contributed by atoms with van der Waals surface area (Å²) in [7, 11) is 0. The number of hydrogen-bond acceptors (Lipinski definition) is 3. The second-order valence-corrected chi connectivity index (χ2v) is 5.53. The van der Waals surface area contributed by atoms with Crippen molar-refractivity contribution in [3.63, 3.8) is 0 Å². The lowest BCUT2D eigenvalue weighted by atomic mass is 10.1. The number of benzene rings is 2. The highest BCUT2D eigenvalue weighted by atomic mass is 79.9. The molecule has 0 aromatic heterocycles. The predicted molar refractivity (Wildman–Crippen MR) is 87.3 cm³/mol. The van der Waals surface area contributed by atoms with Crippen LogP contribution in [0.15, 0.2) is 53.0 Å². The van der Waals surface area contributed by atoms with Gasteiger partial charge in [0.2, 0.25) is 0 Å². The number of rotatable bonds is 5. The molecule has 0 saturated heterocycles. The standard InChI is InChI=1S/C16H17BrN2O2/c1-11(18)12-5-4-6-13(9-12)21-10-16(20)19-15-8-3-2-7-14(15)17/h2-9,11H,10,18H2,1H3,(H,19,20)/t11-/m1/s1. The van der Waals surface area contributed by atoms with Crippen LogP contribution >= 0.6 is 15.9 Å². The predicted octanol–water partition coefficient (Wildman–Crippen LogP) is 3.49. The zero-order valence-electron chi connectivity index (χ0n) is 11.7. The van der Waals surface area contributed by atoms with Crippen molar-refractivity contribution in [3.8, 4) is 5.75 Å². The van der Waals surface area contributed by atoms with E-state index in [4.69, 9.17) is 10.5 Å². The van der Waals surface area contributed by atoms with Gasteiger partial charge in [0.05, 0.1) is 5.69 Å². The number of para-hydroxylation sites is 1. The Morgan fingerprint density at radius 3 is 2.76 bits per heavy atom. The number of carbonyl (C=O) groups excluding carboxylic acids is 1. The Labute approximate surface area is 132 Å². The molecule has 0 bridgehead atoms. The molecule has 0 spiro atoms. The summed E-state index contributed by atoms with van der Waals surface area (Å²) in [6.45, 7) is 1.85. The van der Waals surface area contributed by atoms with Crippen molar-refractivity contribution in [2.45, 2.75) is 13.0 Å². The molecule has 0 saturated carbocycles. The van der Waals surface area contributed by atoms with E-state index in [9.17, 15) is 4.79 Å². The molecule has 5 heteroatoms. The number of anilines is 1.